The number of benzene rings is 1. The van der Waals surface area contributed by atoms with Gasteiger partial charge in [0, 0.05) is 0 Å². The predicted octanol–water partition coefficient (Wildman–Crippen LogP) is 1.27. The molecule has 1 aliphatic heterocycles. The number of carbonyl (C=O) groups is 1. The van der Waals surface area contributed by atoms with Gasteiger partial charge in [-0.25, -0.2) is 0 Å². The van der Waals surface area contributed by atoms with E-state index in [9.17, 15) is 9.90 Å². The minimum Gasteiger partial charge on any atom is -0.491 e. The van der Waals surface area contributed by atoms with Crippen molar-refractivity contribution in [2.75, 3.05) is 6.61 Å². The van der Waals surface area contributed by atoms with Gasteiger partial charge in [-0.3, -0.25) is 4.79 Å². The van der Waals surface area contributed by atoms with Crippen LogP contribution >= 0.6 is 0 Å². The van der Waals surface area contributed by atoms with E-state index in [-0.39, 0.29) is 17.9 Å². The molecule has 0 saturated heterocycles. The Morgan fingerprint density at radius 2 is 2.16 bits per heavy atom. The summed E-state index contributed by atoms with van der Waals surface area (Å²) in [5.74, 6) is 0.643. The van der Waals surface area contributed by atoms with Crippen LogP contribution in [0.15, 0.2) is 24.3 Å². The lowest BCUT2D eigenvalue weighted by molar-refractivity contribution is -0.128. The molecule has 1 aliphatic carbocycles. The zero-order valence-corrected chi connectivity index (χ0v) is 10.8. The van der Waals surface area contributed by atoms with E-state index in [1.807, 2.05) is 24.3 Å². The molecule has 1 saturated carbocycles. The summed E-state index contributed by atoms with van der Waals surface area (Å²) >= 11 is 0. The van der Waals surface area contributed by atoms with Crippen molar-refractivity contribution in [1.82, 2.24) is 5.32 Å². The van der Waals surface area contributed by atoms with Crippen molar-refractivity contribution in [1.29, 1.82) is 0 Å². The number of fused-ring (bicyclic) bond motifs is 1. The lowest BCUT2D eigenvalue weighted by Gasteiger charge is -2.27. The molecule has 0 bridgehead atoms. The minimum atomic E-state index is -0.475. The Hall–Kier alpha value is -1.55. The van der Waals surface area contributed by atoms with Crippen LogP contribution in [0.25, 0.3) is 0 Å². The van der Waals surface area contributed by atoms with Gasteiger partial charge in [-0.05, 0) is 37.3 Å². The molecule has 1 aromatic carbocycles. The first-order valence-corrected chi connectivity index (χ1v) is 6.93. The third kappa shape index (κ3) is 2.59. The molecular weight excluding hydrogens is 242 g/mol. The largest absolute Gasteiger partial charge is 0.491 e. The minimum absolute atomic E-state index is 0.00944. The highest BCUT2D eigenvalue weighted by atomic mass is 16.5. The second-order valence-corrected chi connectivity index (χ2v) is 5.43. The molecule has 1 heterocycles. The summed E-state index contributed by atoms with van der Waals surface area (Å²) in [6.45, 7) is 0.506. The van der Waals surface area contributed by atoms with Gasteiger partial charge in [0.2, 0.25) is 5.91 Å². The maximum absolute atomic E-state index is 12.1. The van der Waals surface area contributed by atoms with E-state index in [0.717, 1.165) is 37.0 Å². The number of hydrogen-bond donors (Lipinski definition) is 2. The van der Waals surface area contributed by atoms with Crippen LogP contribution in [-0.2, 0) is 11.2 Å². The van der Waals surface area contributed by atoms with Crippen LogP contribution < -0.4 is 10.1 Å². The van der Waals surface area contributed by atoms with Gasteiger partial charge < -0.3 is 15.2 Å². The maximum Gasteiger partial charge on any atom is 0.226 e. The molecule has 0 radical (unpaired) electrons. The normalized spacial score (nSPS) is 29.4. The van der Waals surface area contributed by atoms with Crippen molar-refractivity contribution >= 4 is 5.91 Å². The molecule has 4 nitrogen and oxygen atoms in total. The zero-order valence-electron chi connectivity index (χ0n) is 10.8. The Bertz CT molecular complexity index is 474. The third-order valence-electron chi connectivity index (χ3n) is 4.04. The molecule has 1 aromatic rings. The van der Waals surface area contributed by atoms with Crippen molar-refractivity contribution in [2.24, 2.45) is 5.92 Å². The molecule has 2 N–H and O–H groups in total. The van der Waals surface area contributed by atoms with E-state index in [2.05, 4.69) is 5.32 Å². The number of aliphatic hydroxyl groups excluding tert-OH is 1. The van der Waals surface area contributed by atoms with Crippen molar-refractivity contribution in [3.63, 3.8) is 0 Å². The quantitative estimate of drug-likeness (QED) is 0.843. The first kappa shape index (κ1) is 12.5. The van der Waals surface area contributed by atoms with Crippen LogP contribution in [-0.4, -0.2) is 29.8 Å². The summed E-state index contributed by atoms with van der Waals surface area (Å²) in [7, 11) is 0. The lowest BCUT2D eigenvalue weighted by atomic mass is 10.0. The van der Waals surface area contributed by atoms with Crippen LogP contribution in [0, 0.1) is 5.92 Å². The zero-order chi connectivity index (χ0) is 13.2. The average Bonchev–Trinajstić information content (AvgIpc) is 2.85. The summed E-state index contributed by atoms with van der Waals surface area (Å²) in [4.78, 5) is 12.1. The molecule has 19 heavy (non-hydrogen) atoms. The standard InChI is InChI=1S/C15H19NO3/c17-13-6-3-5-12(13)15(18)16-11-8-10-4-1-2-7-14(10)19-9-11/h1-2,4,7,11-13,17H,3,5-6,8-9H2,(H,16,18). The molecule has 102 valence electrons. The van der Waals surface area contributed by atoms with Gasteiger partial charge in [0.15, 0.2) is 0 Å². The Morgan fingerprint density at radius 1 is 1.32 bits per heavy atom. The fourth-order valence-corrected chi connectivity index (χ4v) is 2.98. The molecule has 2 aliphatic rings. The monoisotopic (exact) mass is 261 g/mol. The molecule has 1 fully saturated rings. The number of hydrogen-bond acceptors (Lipinski definition) is 3. The Morgan fingerprint density at radius 3 is 2.95 bits per heavy atom. The number of nitrogens with one attached hydrogen (secondary N) is 1. The molecule has 0 spiro atoms. The van der Waals surface area contributed by atoms with E-state index < -0.39 is 6.10 Å². The number of aliphatic hydroxyl groups is 1. The summed E-state index contributed by atoms with van der Waals surface area (Å²) in [5.41, 5.74) is 1.13. The fraction of sp³-hybridized carbons (Fsp3) is 0.533. The van der Waals surface area contributed by atoms with E-state index in [4.69, 9.17) is 4.74 Å². The summed E-state index contributed by atoms with van der Waals surface area (Å²) < 4.78 is 5.65. The second kappa shape index (κ2) is 5.21. The number of carbonyl (C=O) groups excluding carboxylic acids is 1. The SMILES string of the molecule is O=C(NC1COc2ccccc2C1)C1CCCC1O. The molecule has 1 amide bonds. The first-order chi connectivity index (χ1) is 9.24. The smallest absolute Gasteiger partial charge is 0.226 e. The van der Waals surface area contributed by atoms with Gasteiger partial charge >= 0.3 is 0 Å². The molecule has 3 atom stereocenters. The Balaban J connectivity index is 1.61. The number of amides is 1. The molecule has 4 heteroatoms. The molecule has 0 aromatic heterocycles. The van der Waals surface area contributed by atoms with Crippen LogP contribution in [0.3, 0.4) is 0 Å². The van der Waals surface area contributed by atoms with Crippen molar-refractivity contribution in [2.45, 2.75) is 37.8 Å². The number of para-hydroxylation sites is 1. The van der Waals surface area contributed by atoms with Crippen LogP contribution in [0.5, 0.6) is 5.75 Å². The van der Waals surface area contributed by atoms with Gasteiger partial charge in [0.05, 0.1) is 18.1 Å². The van der Waals surface area contributed by atoms with Crippen molar-refractivity contribution in [3.05, 3.63) is 29.8 Å². The molecule has 3 unspecified atom stereocenters. The number of rotatable bonds is 2. The number of ether oxygens (including phenoxy) is 1. The van der Waals surface area contributed by atoms with E-state index >= 15 is 0 Å². The molecule has 3 rings (SSSR count). The van der Waals surface area contributed by atoms with Gasteiger partial charge in [0.1, 0.15) is 12.4 Å². The highest BCUT2D eigenvalue weighted by Crippen LogP contribution is 2.27. The second-order valence-electron chi connectivity index (χ2n) is 5.43. The average molecular weight is 261 g/mol. The first-order valence-electron chi connectivity index (χ1n) is 6.93. The topological polar surface area (TPSA) is 58.6 Å². The summed E-state index contributed by atoms with van der Waals surface area (Å²) in [6.07, 6.45) is 2.78. The van der Waals surface area contributed by atoms with Gasteiger partial charge in [-0.2, -0.15) is 0 Å². The molecular formula is C15H19NO3. The Labute approximate surface area is 112 Å². The van der Waals surface area contributed by atoms with Gasteiger partial charge in [0.25, 0.3) is 0 Å². The van der Waals surface area contributed by atoms with Crippen LogP contribution in [0.1, 0.15) is 24.8 Å². The van der Waals surface area contributed by atoms with Crippen molar-refractivity contribution in [3.8, 4) is 5.75 Å². The van der Waals surface area contributed by atoms with E-state index in [1.165, 1.54) is 0 Å². The third-order valence-corrected chi connectivity index (χ3v) is 4.04. The van der Waals surface area contributed by atoms with Crippen LogP contribution in [0.4, 0.5) is 0 Å². The summed E-state index contributed by atoms with van der Waals surface area (Å²) in [6, 6.07) is 7.92. The van der Waals surface area contributed by atoms with Crippen molar-refractivity contribution < 1.29 is 14.6 Å². The van der Waals surface area contributed by atoms with E-state index in [1.54, 1.807) is 0 Å². The fourth-order valence-electron chi connectivity index (χ4n) is 2.98. The van der Waals surface area contributed by atoms with Gasteiger partial charge in [-0.1, -0.05) is 18.2 Å². The lowest BCUT2D eigenvalue weighted by Crippen LogP contribution is -2.46. The Kier molecular flexibility index (Phi) is 3.42. The van der Waals surface area contributed by atoms with Gasteiger partial charge in [-0.15, -0.1) is 0 Å². The van der Waals surface area contributed by atoms with E-state index in [0.29, 0.717) is 6.61 Å². The highest BCUT2D eigenvalue weighted by molar-refractivity contribution is 5.80. The highest BCUT2D eigenvalue weighted by Gasteiger charge is 2.33. The maximum atomic E-state index is 12.1. The summed E-state index contributed by atoms with van der Waals surface area (Å²) in [5, 5.41) is 12.8. The van der Waals surface area contributed by atoms with Crippen LogP contribution in [0.2, 0.25) is 0 Å². The predicted molar refractivity (Wildman–Crippen MR) is 70.9 cm³/mol.